The molecule has 4 aromatic rings. The molecule has 2 aromatic carbocycles. The zero-order chi connectivity index (χ0) is 63.6. The van der Waals surface area contributed by atoms with E-state index in [9.17, 15) is 57.5 Å². The summed E-state index contributed by atoms with van der Waals surface area (Å²) in [7, 11) is 5.40. The molecule has 2 aliphatic heterocycles. The summed E-state index contributed by atoms with van der Waals surface area (Å²) in [5.74, 6) is -8.87. The number of piperidine rings is 2. The van der Waals surface area contributed by atoms with Gasteiger partial charge in [-0.25, -0.2) is 19.6 Å². The first-order valence-corrected chi connectivity index (χ1v) is 29.1. The van der Waals surface area contributed by atoms with E-state index in [1.807, 2.05) is 19.1 Å². The molecule has 2 aliphatic rings. The number of hydrogen-bond donors (Lipinski definition) is 4. The second-order valence-electron chi connectivity index (χ2n) is 22.6. The molecule has 0 unspecified atom stereocenters. The first-order valence-electron chi connectivity index (χ1n) is 29.1. The van der Waals surface area contributed by atoms with Crippen molar-refractivity contribution >= 4 is 93.3 Å². The van der Waals surface area contributed by atoms with E-state index >= 15 is 0 Å². The summed E-state index contributed by atoms with van der Waals surface area (Å²) in [6.45, 7) is 5.84. The second kappa shape index (κ2) is 31.3. The van der Waals surface area contributed by atoms with Crippen molar-refractivity contribution < 1.29 is 67.0 Å². The lowest BCUT2D eigenvalue weighted by Crippen LogP contribution is -2.59. The maximum absolute atomic E-state index is 14.7. The molecule has 26 heteroatoms. The molecule has 0 saturated carbocycles. The molecule has 2 aromatic heterocycles. The monoisotopic (exact) mass is 1200 g/mol. The molecule has 4 heterocycles. The minimum Gasteiger partial charge on any atom is -0.461 e. The Morgan fingerprint density at radius 1 is 0.575 bits per heavy atom. The van der Waals surface area contributed by atoms with Gasteiger partial charge in [0.05, 0.1) is 37.2 Å². The summed E-state index contributed by atoms with van der Waals surface area (Å²) in [6, 6.07) is 14.1. The number of para-hydroxylation sites is 2. The number of nitrogens with zero attached hydrogens (tertiary/aromatic N) is 8. The van der Waals surface area contributed by atoms with E-state index in [2.05, 4.69) is 31.2 Å². The van der Waals surface area contributed by atoms with Crippen molar-refractivity contribution in [3.63, 3.8) is 0 Å². The van der Waals surface area contributed by atoms with Gasteiger partial charge in [-0.15, -0.1) is 0 Å². The quantitative estimate of drug-likeness (QED) is 0.0509. The lowest BCUT2D eigenvalue weighted by Gasteiger charge is -2.37. The Morgan fingerprint density at radius 3 is 1.47 bits per heavy atom. The first kappa shape index (κ1) is 67.0. The van der Waals surface area contributed by atoms with Crippen molar-refractivity contribution in [3.8, 4) is 0 Å². The Balaban J connectivity index is 1.10. The van der Waals surface area contributed by atoms with Gasteiger partial charge in [0.1, 0.15) is 54.8 Å². The number of rotatable bonds is 26. The van der Waals surface area contributed by atoms with Gasteiger partial charge in [0, 0.05) is 58.1 Å². The Hall–Kier alpha value is -9.10. The summed E-state index contributed by atoms with van der Waals surface area (Å²) < 4.78 is 11.5. The topological polar surface area (TPSA) is 317 Å². The normalized spacial score (nSPS) is 16.3. The third-order valence-corrected chi connectivity index (χ3v) is 15.5. The molecule has 6 atom stereocenters. The number of carbonyl (C=O) groups is 12. The molecule has 0 radical (unpaired) electrons. The number of benzene rings is 2. The predicted molar refractivity (Wildman–Crippen MR) is 317 cm³/mol. The first-order chi connectivity index (χ1) is 41.4. The average molecular weight is 1210 g/mol. The fraction of sp³-hybridized carbons (Fsp3) is 0.508. The van der Waals surface area contributed by atoms with Gasteiger partial charge in [0.15, 0.2) is 0 Å². The highest BCUT2D eigenvalue weighted by molar-refractivity contribution is 6.00. The lowest BCUT2D eigenvalue weighted by molar-refractivity contribution is -0.159. The van der Waals surface area contributed by atoms with E-state index in [0.717, 1.165) is 49.6 Å². The fourth-order valence-corrected chi connectivity index (χ4v) is 10.5. The minimum absolute atomic E-state index is 0.0338. The van der Waals surface area contributed by atoms with Crippen molar-refractivity contribution in [2.75, 3.05) is 80.7 Å². The molecular formula is C61H80N12O14. The van der Waals surface area contributed by atoms with Crippen LogP contribution in [0.2, 0.25) is 0 Å². The number of pyridine rings is 2. The molecule has 87 heavy (non-hydrogen) atoms. The van der Waals surface area contributed by atoms with Gasteiger partial charge < -0.3 is 60.1 Å². The largest absolute Gasteiger partial charge is 0.461 e. The highest BCUT2D eigenvalue weighted by Crippen LogP contribution is 2.22. The number of hydrogen-bond acceptors (Lipinski definition) is 16. The summed E-state index contributed by atoms with van der Waals surface area (Å²) >= 11 is 0. The van der Waals surface area contributed by atoms with Gasteiger partial charge in [-0.3, -0.25) is 47.9 Å². The Labute approximate surface area is 505 Å². The maximum atomic E-state index is 14.7. The molecule has 468 valence electrons. The van der Waals surface area contributed by atoms with Gasteiger partial charge in [-0.1, -0.05) is 76.2 Å². The van der Waals surface area contributed by atoms with Crippen LogP contribution in [0.5, 0.6) is 0 Å². The van der Waals surface area contributed by atoms with Crippen LogP contribution in [0.1, 0.15) is 94.1 Å². The van der Waals surface area contributed by atoms with Crippen LogP contribution in [-0.2, 0) is 57.4 Å². The molecule has 6 rings (SSSR count). The summed E-state index contributed by atoms with van der Waals surface area (Å²) in [4.78, 5) is 178. The minimum atomic E-state index is -1.60. The summed E-state index contributed by atoms with van der Waals surface area (Å²) in [5.41, 5.74) is 1.05. The number of esters is 2. The van der Waals surface area contributed by atoms with Crippen LogP contribution in [0.4, 0.5) is 0 Å². The van der Waals surface area contributed by atoms with Gasteiger partial charge in [-0.05, 0) is 81.5 Å². The Bertz CT molecular complexity index is 3190. The summed E-state index contributed by atoms with van der Waals surface area (Å²) in [5, 5.41) is 11.7. The lowest BCUT2D eigenvalue weighted by atomic mass is 10.00. The van der Waals surface area contributed by atoms with Gasteiger partial charge in [-0.2, -0.15) is 0 Å². The molecule has 2 saturated heterocycles. The standard InChI is InChI=1S/C61H80N12O14/c1-37(2)53(60(84)86-34-46(58(82)72-28-16-14-18-39(72)5)66-55(79)44-26-24-40-19-10-12-21-42(40)64-44)71(9)52(78)33-69(7)50(76)31-63-57(81)48-23-15-17-29-73(48)59(83)47(67-56(80)45-27-25-41-20-11-13-22-43(41)65-45)35-87-61(85)54(38(3)4)70(8)51(77)32-68(6)49(75)30-62-36-74/h10-13,19-22,24-27,36-39,46-48,53-54H,14-18,23,28-35H2,1-9H3,(H,62,74)(H,63,81)(H,66,79)(H,67,80)/t39-,46-,47-,48+,53+,54+/m1/s1. The van der Waals surface area contributed by atoms with Gasteiger partial charge in [0.25, 0.3) is 11.8 Å². The number of fused-ring (bicyclic) bond motifs is 2. The van der Waals surface area contributed by atoms with Crippen LogP contribution in [0.3, 0.4) is 0 Å². The molecule has 0 aliphatic carbocycles. The third-order valence-electron chi connectivity index (χ3n) is 15.5. The third kappa shape index (κ3) is 17.7. The number of nitrogens with one attached hydrogen (secondary N) is 4. The molecule has 0 spiro atoms. The summed E-state index contributed by atoms with van der Waals surface area (Å²) in [6.07, 6.45) is 3.88. The molecule has 4 N–H and O–H groups in total. The molecule has 10 amide bonds. The zero-order valence-corrected chi connectivity index (χ0v) is 50.8. The van der Waals surface area contributed by atoms with Crippen molar-refractivity contribution in [1.29, 1.82) is 0 Å². The second-order valence-corrected chi connectivity index (χ2v) is 22.6. The van der Waals surface area contributed by atoms with E-state index in [4.69, 9.17) is 9.47 Å². The highest BCUT2D eigenvalue weighted by Gasteiger charge is 2.40. The van der Waals surface area contributed by atoms with Crippen LogP contribution in [0.25, 0.3) is 21.8 Å². The van der Waals surface area contributed by atoms with Crippen molar-refractivity contribution in [1.82, 2.24) is 60.6 Å². The molecular weight excluding hydrogens is 1120 g/mol. The van der Waals surface area contributed by atoms with Crippen LogP contribution in [0.15, 0.2) is 72.8 Å². The fourth-order valence-electron chi connectivity index (χ4n) is 10.5. The van der Waals surface area contributed by atoms with E-state index in [0.29, 0.717) is 36.8 Å². The van der Waals surface area contributed by atoms with E-state index < -0.39 is 140 Å². The number of ether oxygens (including phenoxy) is 2. The number of aromatic nitrogens is 2. The zero-order valence-electron chi connectivity index (χ0n) is 50.8. The van der Waals surface area contributed by atoms with E-state index in [-0.39, 0.29) is 36.9 Å². The number of likely N-dealkylation sites (tertiary alicyclic amines) is 2. The molecule has 0 bridgehead atoms. The Kier molecular flexibility index (Phi) is 24.1. The number of likely N-dealkylation sites (N-methyl/N-ethyl adjacent to an activating group) is 4. The smallest absolute Gasteiger partial charge is 0.329 e. The molecule has 2 fully saturated rings. The number of carbonyl (C=O) groups excluding carboxylic acids is 12. The van der Waals surface area contributed by atoms with Crippen LogP contribution >= 0.6 is 0 Å². The van der Waals surface area contributed by atoms with Crippen LogP contribution in [0, 0.1) is 11.8 Å². The average Bonchev–Trinajstić information content (AvgIpc) is 2.54. The Morgan fingerprint density at radius 2 is 1.01 bits per heavy atom. The van der Waals surface area contributed by atoms with Crippen molar-refractivity contribution in [2.24, 2.45) is 11.8 Å². The SMILES string of the molecule is CC(C)[C@@H](C(=O)OC[C@@H](NC(=O)c1ccc2ccccc2n1)C(=O)N1CCCC[C@H]1C(=O)NCC(=O)N(C)CC(=O)N(C)[C@H](C(=O)OC[C@@H](NC(=O)c1ccc2ccccc2n1)C(=O)N1CCCC[C@H]1C)C(C)C)N(C)C(=O)CN(C)C(=O)CNC=O. The van der Waals surface area contributed by atoms with Gasteiger partial charge >= 0.3 is 11.9 Å². The predicted octanol–water partition coefficient (Wildman–Crippen LogP) is 1.29. The van der Waals surface area contributed by atoms with Crippen molar-refractivity contribution in [2.45, 2.75) is 109 Å². The highest BCUT2D eigenvalue weighted by atomic mass is 16.5. The van der Waals surface area contributed by atoms with E-state index in [1.54, 1.807) is 81.1 Å². The van der Waals surface area contributed by atoms with Crippen LogP contribution < -0.4 is 21.3 Å². The van der Waals surface area contributed by atoms with Gasteiger partial charge in [0.2, 0.25) is 47.8 Å². The molecule has 26 nitrogen and oxygen atoms in total. The maximum Gasteiger partial charge on any atom is 0.329 e. The van der Waals surface area contributed by atoms with Crippen molar-refractivity contribution in [3.05, 3.63) is 84.2 Å². The number of amides is 10. The van der Waals surface area contributed by atoms with Crippen LogP contribution in [-0.4, -0.2) is 228 Å². The van der Waals surface area contributed by atoms with E-state index in [1.165, 1.54) is 45.2 Å².